The van der Waals surface area contributed by atoms with Gasteiger partial charge in [0.2, 0.25) is 0 Å². The molecule has 0 amide bonds. The number of hydrogen-bond acceptors (Lipinski definition) is 3. The van der Waals surface area contributed by atoms with Crippen LogP contribution >= 0.6 is 0 Å². The average Bonchev–Trinajstić information content (AvgIpc) is 2.83. The lowest BCUT2D eigenvalue weighted by Crippen LogP contribution is -1.98. The predicted octanol–water partition coefficient (Wildman–Crippen LogP) is 2.84. The lowest BCUT2D eigenvalue weighted by atomic mass is 10.2. The topological polar surface area (TPSA) is 30.7 Å². The minimum atomic E-state index is 0.472. The van der Waals surface area contributed by atoms with Crippen molar-refractivity contribution in [3.05, 3.63) is 60.7 Å². The summed E-state index contributed by atoms with van der Waals surface area (Å²) in [6.45, 7) is 0. The van der Waals surface area contributed by atoms with Gasteiger partial charge < -0.3 is 12.6 Å². The fourth-order valence-corrected chi connectivity index (χ4v) is 2.09. The van der Waals surface area contributed by atoms with Gasteiger partial charge >= 0.3 is 0 Å². The first kappa shape index (κ1) is 10.9. The fraction of sp³-hybridized carbons (Fsp3) is 0. The zero-order valence-corrected chi connectivity index (χ0v) is 10.3. The van der Waals surface area contributed by atoms with Gasteiger partial charge in [0.15, 0.2) is 5.82 Å². The lowest BCUT2D eigenvalue weighted by molar-refractivity contribution is 0.891. The average molecular weight is 252 g/mol. The quantitative estimate of drug-likeness (QED) is 0.657. The Morgan fingerprint density at radius 3 is 2.06 bits per heavy atom. The van der Waals surface area contributed by atoms with Gasteiger partial charge in [-0.15, -0.1) is 5.10 Å². The van der Waals surface area contributed by atoms with Crippen molar-refractivity contribution in [2.45, 2.75) is 5.16 Å². The molecule has 0 fully saturated rings. The molecule has 0 radical (unpaired) electrons. The number of aromatic nitrogens is 3. The van der Waals surface area contributed by atoms with Gasteiger partial charge in [-0.2, -0.15) is 5.10 Å². The molecule has 0 atom stereocenters. The highest BCUT2D eigenvalue weighted by Gasteiger charge is 2.08. The van der Waals surface area contributed by atoms with Crippen molar-refractivity contribution in [1.82, 2.24) is 14.8 Å². The molecule has 3 nitrogen and oxygen atoms in total. The second-order valence-electron chi connectivity index (χ2n) is 3.84. The Morgan fingerprint density at radius 2 is 1.39 bits per heavy atom. The highest BCUT2D eigenvalue weighted by molar-refractivity contribution is 7.58. The number of para-hydroxylation sites is 1. The minimum absolute atomic E-state index is 0.472. The van der Waals surface area contributed by atoms with Crippen LogP contribution in [0.5, 0.6) is 0 Å². The summed E-state index contributed by atoms with van der Waals surface area (Å²) in [7, 11) is 0. The minimum Gasteiger partial charge on any atom is -0.740 e. The Morgan fingerprint density at radius 1 is 0.778 bits per heavy atom. The summed E-state index contributed by atoms with van der Waals surface area (Å²) < 4.78 is 1.88. The van der Waals surface area contributed by atoms with E-state index in [-0.39, 0.29) is 0 Å². The van der Waals surface area contributed by atoms with Crippen LogP contribution in [0, 0.1) is 0 Å². The third-order valence-electron chi connectivity index (χ3n) is 2.68. The first-order chi connectivity index (χ1) is 8.86. The van der Waals surface area contributed by atoms with Gasteiger partial charge in [0.05, 0.1) is 0 Å². The van der Waals surface area contributed by atoms with Crippen LogP contribution < -0.4 is 0 Å². The van der Waals surface area contributed by atoms with Crippen molar-refractivity contribution in [3.8, 4) is 17.1 Å². The molecule has 0 aliphatic heterocycles. The van der Waals surface area contributed by atoms with Crippen molar-refractivity contribution in [2.24, 2.45) is 0 Å². The molecule has 3 rings (SSSR count). The Bertz CT molecular complexity index is 647. The number of rotatable bonds is 2. The maximum atomic E-state index is 5.24. The molecule has 0 bridgehead atoms. The van der Waals surface area contributed by atoms with Gasteiger partial charge in [-0.1, -0.05) is 48.5 Å². The number of nitrogens with zero attached hydrogens (tertiary/aromatic N) is 3. The van der Waals surface area contributed by atoms with E-state index in [0.29, 0.717) is 5.16 Å². The predicted molar refractivity (Wildman–Crippen MR) is 72.4 cm³/mol. The third-order valence-corrected chi connectivity index (χ3v) is 2.94. The van der Waals surface area contributed by atoms with Crippen LogP contribution in [0.1, 0.15) is 0 Å². The zero-order valence-electron chi connectivity index (χ0n) is 9.52. The second kappa shape index (κ2) is 4.58. The van der Waals surface area contributed by atoms with Gasteiger partial charge in [0, 0.05) is 16.4 Å². The number of hydrogen-bond donors (Lipinski definition) is 0. The molecule has 0 aliphatic carbocycles. The van der Waals surface area contributed by atoms with Crippen LogP contribution in [-0.4, -0.2) is 14.8 Å². The summed E-state index contributed by atoms with van der Waals surface area (Å²) in [4.78, 5) is 0. The van der Waals surface area contributed by atoms with Crippen LogP contribution in [0.3, 0.4) is 0 Å². The Labute approximate surface area is 111 Å². The first-order valence-electron chi connectivity index (χ1n) is 5.59. The maximum Gasteiger partial charge on any atom is 0.167 e. The van der Waals surface area contributed by atoms with E-state index in [1.807, 2.05) is 65.2 Å². The smallest absolute Gasteiger partial charge is 0.167 e. The lowest BCUT2D eigenvalue weighted by Gasteiger charge is -2.12. The summed E-state index contributed by atoms with van der Waals surface area (Å²) in [6.07, 6.45) is 0. The fourth-order valence-electron chi connectivity index (χ4n) is 1.85. The molecule has 18 heavy (non-hydrogen) atoms. The highest BCUT2D eigenvalue weighted by atomic mass is 32.1. The second-order valence-corrected chi connectivity index (χ2v) is 4.21. The summed E-state index contributed by atoms with van der Waals surface area (Å²) >= 11 is 5.24. The van der Waals surface area contributed by atoms with Crippen LogP contribution in [0.4, 0.5) is 0 Å². The molecule has 0 saturated heterocycles. The van der Waals surface area contributed by atoms with E-state index in [4.69, 9.17) is 12.6 Å². The number of benzene rings is 2. The molecular formula is C14H10N3S-. The van der Waals surface area contributed by atoms with Gasteiger partial charge in [-0.05, 0) is 12.1 Å². The van der Waals surface area contributed by atoms with Crippen LogP contribution in [0.2, 0.25) is 0 Å². The molecule has 3 aromatic rings. The third kappa shape index (κ3) is 1.87. The Balaban J connectivity index is 2.19. The summed E-state index contributed by atoms with van der Waals surface area (Å²) in [5.41, 5.74) is 1.98. The largest absolute Gasteiger partial charge is 0.740 e. The van der Waals surface area contributed by atoms with E-state index in [1.165, 1.54) is 0 Å². The maximum absolute atomic E-state index is 5.24. The summed E-state index contributed by atoms with van der Waals surface area (Å²) in [5, 5.41) is 8.64. The summed E-state index contributed by atoms with van der Waals surface area (Å²) in [5.74, 6) is 0.770. The zero-order chi connectivity index (χ0) is 12.4. The highest BCUT2D eigenvalue weighted by Crippen LogP contribution is 2.22. The Hall–Kier alpha value is -2.20. The SMILES string of the molecule is [S-]c1nnc(-c2ccccc2)n1-c1ccccc1. The van der Waals surface area contributed by atoms with Crippen molar-refractivity contribution >= 4 is 12.6 Å². The molecule has 0 saturated carbocycles. The van der Waals surface area contributed by atoms with Crippen LogP contribution in [-0.2, 0) is 12.6 Å². The van der Waals surface area contributed by atoms with Crippen molar-refractivity contribution in [3.63, 3.8) is 0 Å². The molecule has 0 aliphatic rings. The van der Waals surface area contributed by atoms with E-state index < -0.39 is 0 Å². The molecule has 0 N–H and O–H groups in total. The molecular weight excluding hydrogens is 242 g/mol. The van der Waals surface area contributed by atoms with Gasteiger partial charge in [0.1, 0.15) is 0 Å². The standard InChI is InChI=1S/C14H11N3S/c18-14-16-15-13(11-7-3-1-4-8-11)17(14)12-9-5-2-6-10-12/h1-10H,(H,16,18)/p-1. The molecule has 4 heteroatoms. The van der Waals surface area contributed by atoms with Crippen molar-refractivity contribution in [1.29, 1.82) is 0 Å². The first-order valence-corrected chi connectivity index (χ1v) is 6.00. The van der Waals surface area contributed by atoms with Crippen molar-refractivity contribution < 1.29 is 0 Å². The van der Waals surface area contributed by atoms with E-state index in [2.05, 4.69) is 10.2 Å². The summed E-state index contributed by atoms with van der Waals surface area (Å²) in [6, 6.07) is 19.8. The van der Waals surface area contributed by atoms with E-state index in [9.17, 15) is 0 Å². The van der Waals surface area contributed by atoms with Gasteiger partial charge in [0.25, 0.3) is 0 Å². The molecule has 1 aromatic heterocycles. The van der Waals surface area contributed by atoms with E-state index in [1.54, 1.807) is 0 Å². The molecule has 1 heterocycles. The Kier molecular flexibility index (Phi) is 2.78. The molecule has 2 aromatic carbocycles. The van der Waals surface area contributed by atoms with Crippen LogP contribution in [0.25, 0.3) is 17.1 Å². The normalized spacial score (nSPS) is 10.4. The molecule has 0 spiro atoms. The van der Waals surface area contributed by atoms with Gasteiger partial charge in [-0.25, -0.2) is 0 Å². The molecule has 88 valence electrons. The van der Waals surface area contributed by atoms with E-state index in [0.717, 1.165) is 17.1 Å². The van der Waals surface area contributed by atoms with Crippen molar-refractivity contribution in [2.75, 3.05) is 0 Å². The van der Waals surface area contributed by atoms with Crippen LogP contribution in [0.15, 0.2) is 65.8 Å². The molecule has 0 unspecified atom stereocenters. The van der Waals surface area contributed by atoms with E-state index >= 15 is 0 Å². The van der Waals surface area contributed by atoms with Gasteiger partial charge in [-0.3, -0.25) is 4.57 Å². The monoisotopic (exact) mass is 252 g/mol.